The SMILES string of the molecule is CC(F)(F)[C@](O)(C(=O)N1CCC(CCCCOc2ccc(C(=O)NCC(F)F)c(Cl)c2)CC1)C1=COCC=C1. The van der Waals surface area contributed by atoms with Crippen molar-refractivity contribution in [3.8, 4) is 5.75 Å². The van der Waals surface area contributed by atoms with E-state index in [2.05, 4.69) is 5.32 Å². The summed E-state index contributed by atoms with van der Waals surface area (Å²) in [4.78, 5) is 26.2. The number of aliphatic hydroxyl groups is 1. The maximum absolute atomic E-state index is 14.4. The van der Waals surface area contributed by atoms with Crippen LogP contribution in [0.2, 0.25) is 5.02 Å². The Morgan fingerprint density at radius 2 is 1.97 bits per heavy atom. The molecule has 216 valence electrons. The van der Waals surface area contributed by atoms with Gasteiger partial charge in [0, 0.05) is 25.6 Å². The first kappa shape index (κ1) is 30.7. The molecule has 1 saturated heterocycles. The molecule has 0 saturated carbocycles. The molecule has 0 bridgehead atoms. The van der Waals surface area contributed by atoms with Gasteiger partial charge in [0.2, 0.25) is 5.60 Å². The van der Waals surface area contributed by atoms with Crippen molar-refractivity contribution in [3.05, 3.63) is 52.8 Å². The Bertz CT molecular complexity index is 1070. The molecule has 39 heavy (non-hydrogen) atoms. The van der Waals surface area contributed by atoms with E-state index in [4.69, 9.17) is 21.1 Å². The van der Waals surface area contributed by atoms with Gasteiger partial charge < -0.3 is 24.8 Å². The standard InChI is InChI=1S/C27H33ClF4N2O5/c1-26(31,32)27(37,19-6-4-13-38-17-19)25(36)34-11-9-18(10-12-34)5-2-3-14-39-20-7-8-21(22(28)15-20)24(35)33-16-23(29)30/h4,6-8,15,17-18,23,37H,2-3,5,9-14,16H2,1H3,(H,33,35)/t27-/m1/s1. The summed E-state index contributed by atoms with van der Waals surface area (Å²) in [5.74, 6) is -4.67. The molecule has 12 heteroatoms. The van der Waals surface area contributed by atoms with Gasteiger partial charge in [0.05, 0.1) is 30.0 Å². The van der Waals surface area contributed by atoms with Gasteiger partial charge in [-0.05, 0) is 55.9 Å². The quantitative estimate of drug-likeness (QED) is 0.271. The van der Waals surface area contributed by atoms with E-state index in [0.717, 1.165) is 25.5 Å². The highest BCUT2D eigenvalue weighted by molar-refractivity contribution is 6.34. The van der Waals surface area contributed by atoms with Crippen molar-refractivity contribution < 1.29 is 41.7 Å². The summed E-state index contributed by atoms with van der Waals surface area (Å²) >= 11 is 6.09. The minimum atomic E-state index is -3.71. The van der Waals surface area contributed by atoms with Gasteiger partial charge in [0.25, 0.3) is 24.2 Å². The fourth-order valence-corrected chi connectivity index (χ4v) is 4.85. The molecule has 0 aromatic heterocycles. The Balaban J connectivity index is 1.41. The molecule has 2 aliphatic heterocycles. The van der Waals surface area contributed by atoms with Crippen molar-refractivity contribution >= 4 is 23.4 Å². The third-order valence-corrected chi connectivity index (χ3v) is 7.15. The smallest absolute Gasteiger partial charge is 0.286 e. The number of amides is 2. The van der Waals surface area contributed by atoms with Crippen LogP contribution in [0.1, 0.15) is 49.4 Å². The zero-order valence-corrected chi connectivity index (χ0v) is 22.4. The first-order chi connectivity index (χ1) is 18.4. The fraction of sp³-hybridized carbons (Fsp3) is 0.556. The third kappa shape index (κ3) is 7.88. The second-order valence-electron chi connectivity index (χ2n) is 9.73. The molecule has 0 aliphatic carbocycles. The molecule has 0 radical (unpaired) electrons. The lowest BCUT2D eigenvalue weighted by atomic mass is 9.84. The summed E-state index contributed by atoms with van der Waals surface area (Å²) < 4.78 is 64.1. The number of piperidine rings is 1. The molecule has 1 aromatic rings. The Morgan fingerprint density at radius 1 is 1.26 bits per heavy atom. The molecular weight excluding hydrogens is 544 g/mol. The van der Waals surface area contributed by atoms with E-state index in [1.807, 2.05) is 0 Å². The van der Waals surface area contributed by atoms with Crippen LogP contribution in [0.15, 0.2) is 42.2 Å². The van der Waals surface area contributed by atoms with E-state index in [1.165, 1.54) is 29.2 Å². The van der Waals surface area contributed by atoms with Crippen molar-refractivity contribution in [1.82, 2.24) is 10.2 Å². The number of carbonyl (C=O) groups is 2. The highest BCUT2D eigenvalue weighted by Gasteiger charge is 2.59. The van der Waals surface area contributed by atoms with Crippen molar-refractivity contribution in [3.63, 3.8) is 0 Å². The van der Waals surface area contributed by atoms with Gasteiger partial charge in [-0.25, -0.2) is 17.6 Å². The van der Waals surface area contributed by atoms with Gasteiger partial charge in [-0.15, -0.1) is 0 Å². The van der Waals surface area contributed by atoms with E-state index in [0.29, 0.717) is 38.0 Å². The van der Waals surface area contributed by atoms with Gasteiger partial charge in [-0.1, -0.05) is 24.1 Å². The maximum atomic E-state index is 14.4. The summed E-state index contributed by atoms with van der Waals surface area (Å²) in [5.41, 5.74) is -3.18. The third-order valence-electron chi connectivity index (χ3n) is 6.84. The summed E-state index contributed by atoms with van der Waals surface area (Å²) in [6.45, 7) is 0.889. The highest BCUT2D eigenvalue weighted by atomic mass is 35.5. The maximum Gasteiger partial charge on any atom is 0.286 e. The molecule has 2 amide bonds. The van der Waals surface area contributed by atoms with Crippen LogP contribution in [0.25, 0.3) is 0 Å². The number of unbranched alkanes of at least 4 members (excludes halogenated alkanes) is 1. The largest absolute Gasteiger partial charge is 0.497 e. The van der Waals surface area contributed by atoms with Crippen LogP contribution in [0.5, 0.6) is 5.75 Å². The van der Waals surface area contributed by atoms with Gasteiger partial charge in [-0.3, -0.25) is 9.59 Å². The zero-order valence-electron chi connectivity index (χ0n) is 21.6. The number of ether oxygens (including phenoxy) is 2. The molecule has 0 unspecified atom stereocenters. The minimum Gasteiger partial charge on any atom is -0.497 e. The molecule has 2 aliphatic rings. The molecule has 7 nitrogen and oxygen atoms in total. The fourth-order valence-electron chi connectivity index (χ4n) is 4.59. The molecule has 3 rings (SSSR count). The van der Waals surface area contributed by atoms with E-state index in [9.17, 15) is 32.3 Å². The molecule has 1 atom stereocenters. The van der Waals surface area contributed by atoms with Gasteiger partial charge in [0.15, 0.2) is 0 Å². The van der Waals surface area contributed by atoms with Crippen LogP contribution >= 0.6 is 11.6 Å². The van der Waals surface area contributed by atoms with Crippen molar-refractivity contribution in [2.75, 3.05) is 32.8 Å². The Kier molecular flexibility index (Phi) is 10.7. The first-order valence-electron chi connectivity index (χ1n) is 12.8. The van der Waals surface area contributed by atoms with Crippen LogP contribution in [-0.4, -0.2) is 72.6 Å². The predicted octanol–water partition coefficient (Wildman–Crippen LogP) is 4.98. The second kappa shape index (κ2) is 13.5. The summed E-state index contributed by atoms with van der Waals surface area (Å²) in [6, 6.07) is 4.41. The van der Waals surface area contributed by atoms with Crippen LogP contribution in [0, 0.1) is 5.92 Å². The van der Waals surface area contributed by atoms with E-state index in [-0.39, 0.29) is 35.9 Å². The molecule has 1 fully saturated rings. The van der Waals surface area contributed by atoms with Gasteiger partial charge >= 0.3 is 0 Å². The Labute approximate surface area is 229 Å². The minimum absolute atomic E-state index is 0.0795. The number of hydrogen-bond donors (Lipinski definition) is 2. The van der Waals surface area contributed by atoms with Gasteiger partial charge in [0.1, 0.15) is 12.4 Å². The average molecular weight is 577 g/mol. The van der Waals surface area contributed by atoms with E-state index in [1.54, 1.807) is 6.07 Å². The van der Waals surface area contributed by atoms with E-state index >= 15 is 0 Å². The second-order valence-corrected chi connectivity index (χ2v) is 10.1. The molecule has 2 heterocycles. The van der Waals surface area contributed by atoms with Crippen LogP contribution < -0.4 is 10.1 Å². The average Bonchev–Trinajstić information content (AvgIpc) is 2.91. The molecule has 1 aromatic carbocycles. The number of alkyl halides is 4. The van der Waals surface area contributed by atoms with Crippen LogP contribution in [-0.2, 0) is 9.53 Å². The monoisotopic (exact) mass is 576 g/mol. The molecule has 2 N–H and O–H groups in total. The van der Waals surface area contributed by atoms with Crippen LogP contribution in [0.4, 0.5) is 17.6 Å². The zero-order chi connectivity index (χ0) is 28.6. The number of rotatable bonds is 12. The molecule has 0 spiro atoms. The molecular formula is C27H33ClF4N2O5. The number of benzene rings is 1. The Hall–Kier alpha value is -2.79. The topological polar surface area (TPSA) is 88.1 Å². The van der Waals surface area contributed by atoms with Crippen LogP contribution in [0.3, 0.4) is 0 Å². The number of likely N-dealkylation sites (tertiary alicyclic amines) is 1. The number of hydrogen-bond acceptors (Lipinski definition) is 5. The number of nitrogens with zero attached hydrogens (tertiary/aromatic N) is 1. The van der Waals surface area contributed by atoms with Crippen molar-refractivity contribution in [2.24, 2.45) is 5.92 Å². The number of carbonyl (C=O) groups excluding carboxylic acids is 2. The summed E-state index contributed by atoms with van der Waals surface area (Å²) in [5, 5.41) is 13.0. The summed E-state index contributed by atoms with van der Waals surface area (Å²) in [6.07, 6.45) is 4.83. The Morgan fingerprint density at radius 3 is 2.56 bits per heavy atom. The lowest BCUT2D eigenvalue weighted by molar-refractivity contribution is -0.184. The van der Waals surface area contributed by atoms with Crippen molar-refractivity contribution in [1.29, 1.82) is 0 Å². The van der Waals surface area contributed by atoms with E-state index < -0.39 is 36.3 Å². The predicted molar refractivity (Wildman–Crippen MR) is 137 cm³/mol. The lowest BCUT2D eigenvalue weighted by Gasteiger charge is -2.40. The highest BCUT2D eigenvalue weighted by Crippen LogP contribution is 2.39. The van der Waals surface area contributed by atoms with Crippen molar-refractivity contribution in [2.45, 2.75) is 57.0 Å². The first-order valence-corrected chi connectivity index (χ1v) is 13.2. The lowest BCUT2D eigenvalue weighted by Crippen LogP contribution is -2.60. The van der Waals surface area contributed by atoms with Gasteiger partial charge in [-0.2, -0.15) is 0 Å². The number of nitrogens with one attached hydrogen (secondary N) is 1. The summed E-state index contributed by atoms with van der Waals surface area (Å²) in [7, 11) is 0. The number of halogens is 5. The normalized spacial score (nSPS) is 17.8.